The molecule has 2 aromatic rings. The second kappa shape index (κ2) is 6.98. The van der Waals surface area contributed by atoms with Gasteiger partial charge in [0.1, 0.15) is 11.5 Å². The Morgan fingerprint density at radius 1 is 1.12 bits per heavy atom. The average Bonchev–Trinajstić information content (AvgIpc) is 2.54. The maximum absolute atomic E-state index is 12.5. The lowest BCUT2D eigenvalue weighted by molar-refractivity contribution is 0.0697. The summed E-state index contributed by atoms with van der Waals surface area (Å²) in [4.78, 5) is 10.9. The Hall–Kier alpha value is -2.45. The molecule has 24 heavy (non-hydrogen) atoms. The first kappa shape index (κ1) is 17.9. The van der Waals surface area contributed by atoms with Gasteiger partial charge in [0.15, 0.2) is 0 Å². The lowest BCUT2D eigenvalue weighted by Crippen LogP contribution is -2.14. The molecular formula is C15H14ClNO6S. The van der Waals surface area contributed by atoms with E-state index in [1.807, 2.05) is 0 Å². The molecule has 0 atom stereocenters. The van der Waals surface area contributed by atoms with Crippen LogP contribution >= 0.6 is 11.6 Å². The van der Waals surface area contributed by atoms with Gasteiger partial charge in [-0.2, -0.15) is 0 Å². The van der Waals surface area contributed by atoms with Gasteiger partial charge in [-0.3, -0.25) is 4.72 Å². The van der Waals surface area contributed by atoms with Crippen molar-refractivity contribution in [2.45, 2.75) is 4.90 Å². The predicted octanol–water partition coefficient (Wildman–Crippen LogP) is 2.86. The number of carboxylic acids is 1. The normalized spacial score (nSPS) is 11.0. The predicted molar refractivity (Wildman–Crippen MR) is 88.8 cm³/mol. The lowest BCUT2D eigenvalue weighted by Gasteiger charge is -2.13. The third kappa shape index (κ3) is 3.72. The summed E-state index contributed by atoms with van der Waals surface area (Å²) in [5, 5.41) is 9.00. The molecule has 0 radical (unpaired) electrons. The molecule has 0 bridgehead atoms. The second-order valence-electron chi connectivity index (χ2n) is 4.62. The summed E-state index contributed by atoms with van der Waals surface area (Å²) in [6.07, 6.45) is 0. The Morgan fingerprint density at radius 3 is 2.42 bits per heavy atom. The van der Waals surface area contributed by atoms with Crippen molar-refractivity contribution in [1.29, 1.82) is 0 Å². The minimum Gasteiger partial charge on any atom is -0.497 e. The smallest absolute Gasteiger partial charge is 0.337 e. The maximum Gasteiger partial charge on any atom is 0.337 e. The molecule has 0 heterocycles. The van der Waals surface area contributed by atoms with Crippen LogP contribution in [0.2, 0.25) is 5.02 Å². The highest BCUT2D eigenvalue weighted by atomic mass is 35.5. The van der Waals surface area contributed by atoms with Crippen LogP contribution in [0.25, 0.3) is 0 Å². The standard InChI is InChI=1S/C15H14ClNO6S/c1-22-9-3-6-13(14(7-9)23-2)17-24(20,21)10-4-5-12(16)11(8-10)15(18)19/h3-8,17H,1-2H3,(H,18,19). The van der Waals surface area contributed by atoms with Crippen LogP contribution in [0.3, 0.4) is 0 Å². The zero-order chi connectivity index (χ0) is 17.9. The summed E-state index contributed by atoms with van der Waals surface area (Å²) in [7, 11) is -1.17. The number of hydrogen-bond acceptors (Lipinski definition) is 5. The molecule has 0 fully saturated rings. The fourth-order valence-electron chi connectivity index (χ4n) is 1.92. The van der Waals surface area contributed by atoms with E-state index in [0.717, 1.165) is 6.07 Å². The number of benzene rings is 2. The van der Waals surface area contributed by atoms with Crippen molar-refractivity contribution in [3.8, 4) is 11.5 Å². The molecule has 0 saturated heterocycles. The van der Waals surface area contributed by atoms with Crippen LogP contribution in [-0.4, -0.2) is 33.7 Å². The van der Waals surface area contributed by atoms with Crippen LogP contribution in [0.5, 0.6) is 11.5 Å². The number of carbonyl (C=O) groups is 1. The molecule has 128 valence electrons. The minimum atomic E-state index is -4.03. The van der Waals surface area contributed by atoms with E-state index in [0.29, 0.717) is 5.75 Å². The molecule has 2 rings (SSSR count). The van der Waals surface area contributed by atoms with Gasteiger partial charge in [0.25, 0.3) is 10.0 Å². The zero-order valence-electron chi connectivity index (χ0n) is 12.7. The van der Waals surface area contributed by atoms with Crippen molar-refractivity contribution in [2.24, 2.45) is 0 Å². The number of rotatable bonds is 6. The highest BCUT2D eigenvalue weighted by Crippen LogP contribution is 2.31. The van der Waals surface area contributed by atoms with Gasteiger partial charge in [-0.15, -0.1) is 0 Å². The van der Waals surface area contributed by atoms with Crippen molar-refractivity contribution in [2.75, 3.05) is 18.9 Å². The van der Waals surface area contributed by atoms with Gasteiger partial charge in [-0.1, -0.05) is 11.6 Å². The first-order valence-corrected chi connectivity index (χ1v) is 8.42. The van der Waals surface area contributed by atoms with E-state index in [1.54, 1.807) is 6.07 Å². The first-order chi connectivity index (χ1) is 11.3. The Balaban J connectivity index is 2.42. The summed E-state index contributed by atoms with van der Waals surface area (Å²) in [5.41, 5.74) is -0.119. The molecule has 0 saturated carbocycles. The summed E-state index contributed by atoms with van der Waals surface area (Å²) in [6, 6.07) is 7.97. The quantitative estimate of drug-likeness (QED) is 0.809. The van der Waals surface area contributed by atoms with Crippen LogP contribution in [-0.2, 0) is 10.0 Å². The van der Waals surface area contributed by atoms with Crippen LogP contribution < -0.4 is 14.2 Å². The third-order valence-corrected chi connectivity index (χ3v) is 4.82. The van der Waals surface area contributed by atoms with E-state index in [1.165, 1.54) is 38.5 Å². The van der Waals surface area contributed by atoms with E-state index in [9.17, 15) is 13.2 Å². The molecule has 9 heteroatoms. The highest BCUT2D eigenvalue weighted by Gasteiger charge is 2.20. The fourth-order valence-corrected chi connectivity index (χ4v) is 3.22. The maximum atomic E-state index is 12.5. The number of carboxylic acid groups (broad SMARTS) is 1. The SMILES string of the molecule is COc1ccc(NS(=O)(=O)c2ccc(Cl)c(C(=O)O)c2)c(OC)c1. The molecule has 0 aliphatic heterocycles. The number of ether oxygens (including phenoxy) is 2. The van der Waals surface area contributed by atoms with Gasteiger partial charge in [-0.05, 0) is 30.3 Å². The van der Waals surface area contributed by atoms with Crippen LogP contribution in [0.15, 0.2) is 41.3 Å². The highest BCUT2D eigenvalue weighted by molar-refractivity contribution is 7.92. The van der Waals surface area contributed by atoms with Crippen LogP contribution in [0, 0.1) is 0 Å². The number of nitrogens with one attached hydrogen (secondary N) is 1. The molecule has 7 nitrogen and oxygen atoms in total. The van der Waals surface area contributed by atoms with Gasteiger partial charge < -0.3 is 14.6 Å². The number of methoxy groups -OCH3 is 2. The van der Waals surface area contributed by atoms with Gasteiger partial charge in [-0.25, -0.2) is 13.2 Å². The van der Waals surface area contributed by atoms with E-state index in [2.05, 4.69) is 4.72 Å². The minimum absolute atomic E-state index is 0.0523. The molecule has 2 N–H and O–H groups in total. The summed E-state index contributed by atoms with van der Waals surface area (Å²) < 4.78 is 37.5. The molecule has 0 spiro atoms. The molecular weight excluding hydrogens is 358 g/mol. The number of halogens is 1. The van der Waals surface area contributed by atoms with Crippen molar-refractivity contribution in [3.63, 3.8) is 0 Å². The monoisotopic (exact) mass is 371 g/mol. The molecule has 0 aliphatic rings. The number of anilines is 1. The van der Waals surface area contributed by atoms with Gasteiger partial charge in [0, 0.05) is 6.07 Å². The Kier molecular flexibility index (Phi) is 5.20. The van der Waals surface area contributed by atoms with E-state index < -0.39 is 16.0 Å². The fraction of sp³-hybridized carbons (Fsp3) is 0.133. The molecule has 2 aromatic carbocycles. The third-order valence-electron chi connectivity index (χ3n) is 3.13. The topological polar surface area (TPSA) is 102 Å². The van der Waals surface area contributed by atoms with Crippen LogP contribution in [0.1, 0.15) is 10.4 Å². The number of hydrogen-bond donors (Lipinski definition) is 2. The van der Waals surface area contributed by atoms with Crippen molar-refractivity contribution >= 4 is 33.3 Å². The van der Waals surface area contributed by atoms with Crippen molar-refractivity contribution in [3.05, 3.63) is 47.0 Å². The van der Waals surface area contributed by atoms with Gasteiger partial charge in [0.05, 0.1) is 35.4 Å². The van der Waals surface area contributed by atoms with Gasteiger partial charge in [0.2, 0.25) is 0 Å². The Labute approximate surface area is 143 Å². The number of sulfonamides is 1. The average molecular weight is 372 g/mol. The van der Waals surface area contributed by atoms with E-state index in [-0.39, 0.29) is 26.9 Å². The molecule has 0 aromatic heterocycles. The van der Waals surface area contributed by atoms with Crippen molar-refractivity contribution in [1.82, 2.24) is 0 Å². The molecule has 0 aliphatic carbocycles. The van der Waals surface area contributed by atoms with Crippen molar-refractivity contribution < 1.29 is 27.8 Å². The lowest BCUT2D eigenvalue weighted by atomic mass is 10.2. The molecule has 0 amide bonds. The zero-order valence-corrected chi connectivity index (χ0v) is 14.3. The summed E-state index contributed by atoms with van der Waals surface area (Å²) in [5.74, 6) is -0.570. The first-order valence-electron chi connectivity index (χ1n) is 6.56. The van der Waals surface area contributed by atoms with Crippen LogP contribution in [0.4, 0.5) is 5.69 Å². The van der Waals surface area contributed by atoms with E-state index in [4.69, 9.17) is 26.2 Å². The largest absolute Gasteiger partial charge is 0.497 e. The molecule has 0 unspecified atom stereocenters. The Bertz CT molecular complexity index is 882. The summed E-state index contributed by atoms with van der Waals surface area (Å²) in [6.45, 7) is 0. The second-order valence-corrected chi connectivity index (χ2v) is 6.71. The van der Waals surface area contributed by atoms with Gasteiger partial charge >= 0.3 is 5.97 Å². The Morgan fingerprint density at radius 2 is 1.83 bits per heavy atom. The number of aromatic carboxylic acids is 1. The summed E-state index contributed by atoms with van der Waals surface area (Å²) >= 11 is 5.75. The van der Waals surface area contributed by atoms with E-state index >= 15 is 0 Å².